The zero-order valence-corrected chi connectivity index (χ0v) is 36.3. The van der Waals surface area contributed by atoms with E-state index in [2.05, 4.69) is 50.6 Å². The normalized spacial score (nSPS) is 23.0. The highest BCUT2D eigenvalue weighted by Gasteiger charge is 2.68. The minimum absolute atomic E-state index is 0.0178. The van der Waals surface area contributed by atoms with Crippen molar-refractivity contribution in [3.05, 3.63) is 77.9 Å². The summed E-state index contributed by atoms with van der Waals surface area (Å²) in [5.74, 6) is 1.72. The number of benzene rings is 3. The summed E-state index contributed by atoms with van der Waals surface area (Å²) in [6.07, 6.45) is 2.71. The van der Waals surface area contributed by atoms with E-state index in [0.717, 1.165) is 12.8 Å². The van der Waals surface area contributed by atoms with E-state index in [1.54, 1.807) is 18.2 Å². The van der Waals surface area contributed by atoms with Crippen LogP contribution in [0.25, 0.3) is 0 Å². The Labute approximate surface area is 349 Å². The van der Waals surface area contributed by atoms with Gasteiger partial charge in [-0.3, -0.25) is 14.4 Å². The van der Waals surface area contributed by atoms with Gasteiger partial charge in [-0.15, -0.1) is 0 Å². The van der Waals surface area contributed by atoms with Crippen LogP contribution in [0.1, 0.15) is 78.9 Å². The number of nitrogens with one attached hydrogen (secondary N) is 3. The molecule has 1 heterocycles. The van der Waals surface area contributed by atoms with Crippen LogP contribution in [0.4, 0.5) is 0 Å². The van der Waals surface area contributed by atoms with Crippen molar-refractivity contribution in [3.63, 3.8) is 0 Å². The minimum Gasteiger partial charge on any atom is -0.493 e. The lowest BCUT2D eigenvalue weighted by atomic mass is 9.43. The number of carbonyl (C=O) groups is 3. The third kappa shape index (κ3) is 9.67. The van der Waals surface area contributed by atoms with Crippen molar-refractivity contribution in [2.75, 3.05) is 21.3 Å². The van der Waals surface area contributed by atoms with E-state index in [-0.39, 0.29) is 48.0 Å². The summed E-state index contributed by atoms with van der Waals surface area (Å²) >= 11 is 0. The predicted octanol–water partition coefficient (Wildman–Crippen LogP) is 6.71. The Morgan fingerprint density at radius 3 is 2.08 bits per heavy atom. The Hall–Kier alpha value is -4.75. The number of ether oxygens (including phenoxy) is 4. The highest BCUT2D eigenvalue weighted by atomic mass is 16.7. The van der Waals surface area contributed by atoms with Gasteiger partial charge in [-0.1, -0.05) is 71.9 Å². The van der Waals surface area contributed by atoms with Gasteiger partial charge in [0.2, 0.25) is 23.5 Å². The van der Waals surface area contributed by atoms with Crippen molar-refractivity contribution < 1.29 is 42.6 Å². The van der Waals surface area contributed by atoms with Crippen LogP contribution in [0, 0.1) is 29.1 Å². The first kappa shape index (κ1) is 43.8. The molecule has 7 atom stereocenters. The van der Waals surface area contributed by atoms with Gasteiger partial charge in [-0.2, -0.15) is 0 Å². The maximum Gasteiger partial charge on any atom is 0.481 e. The van der Waals surface area contributed by atoms with E-state index in [1.165, 1.54) is 21.3 Å². The molecule has 3 N–H and O–H groups in total. The largest absolute Gasteiger partial charge is 0.493 e. The molecule has 3 amide bonds. The first-order chi connectivity index (χ1) is 28.1. The van der Waals surface area contributed by atoms with Crippen LogP contribution < -0.4 is 34.9 Å². The Bertz CT molecular complexity index is 1930. The molecule has 318 valence electrons. The Kier molecular flexibility index (Phi) is 13.6. The van der Waals surface area contributed by atoms with Crippen LogP contribution in [0.3, 0.4) is 0 Å². The molecule has 1 aliphatic heterocycles. The SMILES string of the molecule is COc1cc(CC(NC(=O)Cc2cccc(Oc3ccccc3)c2)C(=O)NC(C(=O)N[C@@H](CC(C)C)B2O[C@@H]3C[C@@H]4C[C@@H](C4(C)C)[C@]3(C)O2)C(C)C)cc(OC)c1OC. The van der Waals surface area contributed by atoms with Gasteiger partial charge in [-0.25, -0.2) is 0 Å². The van der Waals surface area contributed by atoms with E-state index in [4.69, 9.17) is 28.3 Å². The first-order valence-corrected chi connectivity index (χ1v) is 20.9. The second-order valence-corrected chi connectivity index (χ2v) is 17.9. The molecule has 4 fully saturated rings. The molecule has 4 aliphatic rings. The summed E-state index contributed by atoms with van der Waals surface area (Å²) in [5, 5.41) is 9.18. The van der Waals surface area contributed by atoms with Gasteiger partial charge in [0.1, 0.15) is 23.6 Å². The molecule has 0 radical (unpaired) electrons. The average Bonchev–Trinajstić information content (AvgIpc) is 3.56. The van der Waals surface area contributed by atoms with E-state index in [1.807, 2.05) is 62.4 Å². The molecule has 3 saturated carbocycles. The number of para-hydroxylation sites is 1. The molecule has 2 unspecified atom stereocenters. The molecule has 3 aromatic carbocycles. The smallest absolute Gasteiger partial charge is 0.481 e. The van der Waals surface area contributed by atoms with Crippen molar-refractivity contribution in [2.45, 2.75) is 110 Å². The fraction of sp³-hybridized carbons (Fsp3) is 0.543. The molecule has 13 heteroatoms. The maximum absolute atomic E-state index is 14.4. The van der Waals surface area contributed by atoms with E-state index >= 15 is 0 Å². The quantitative estimate of drug-likeness (QED) is 0.120. The first-order valence-electron chi connectivity index (χ1n) is 20.9. The average molecular weight is 812 g/mol. The summed E-state index contributed by atoms with van der Waals surface area (Å²) < 4.78 is 36.1. The number of methoxy groups -OCH3 is 3. The molecule has 3 aliphatic carbocycles. The van der Waals surface area contributed by atoms with Gasteiger partial charge in [0.15, 0.2) is 11.5 Å². The van der Waals surface area contributed by atoms with E-state index in [0.29, 0.717) is 58.1 Å². The lowest BCUT2D eigenvalue weighted by molar-refractivity contribution is -0.199. The van der Waals surface area contributed by atoms with Crippen molar-refractivity contribution >= 4 is 24.8 Å². The molecule has 7 rings (SSSR count). The van der Waals surface area contributed by atoms with Gasteiger partial charge < -0.3 is 44.2 Å². The fourth-order valence-corrected chi connectivity index (χ4v) is 9.35. The fourth-order valence-electron chi connectivity index (χ4n) is 9.35. The predicted molar refractivity (Wildman–Crippen MR) is 227 cm³/mol. The van der Waals surface area contributed by atoms with Crippen molar-refractivity contribution in [1.82, 2.24) is 16.0 Å². The molecule has 3 aromatic rings. The molecule has 12 nitrogen and oxygen atoms in total. The van der Waals surface area contributed by atoms with Crippen molar-refractivity contribution in [3.8, 4) is 28.7 Å². The monoisotopic (exact) mass is 811 g/mol. The van der Waals surface area contributed by atoms with Crippen LogP contribution >= 0.6 is 0 Å². The van der Waals surface area contributed by atoms with Crippen LogP contribution in [0.5, 0.6) is 28.7 Å². The Balaban J connectivity index is 1.20. The lowest BCUT2D eigenvalue weighted by Gasteiger charge is -2.64. The zero-order valence-electron chi connectivity index (χ0n) is 36.3. The topological polar surface area (TPSA) is 143 Å². The van der Waals surface area contributed by atoms with Crippen molar-refractivity contribution in [2.24, 2.45) is 29.1 Å². The van der Waals surface area contributed by atoms with Gasteiger partial charge >= 0.3 is 7.12 Å². The zero-order chi connectivity index (χ0) is 42.6. The van der Waals surface area contributed by atoms with Gasteiger partial charge in [-0.05, 0) is 103 Å². The van der Waals surface area contributed by atoms with Crippen molar-refractivity contribution in [1.29, 1.82) is 0 Å². The highest BCUT2D eigenvalue weighted by Crippen LogP contribution is 2.65. The summed E-state index contributed by atoms with van der Waals surface area (Å²) in [7, 11) is 3.93. The van der Waals surface area contributed by atoms with E-state index in [9.17, 15) is 14.4 Å². The number of carbonyl (C=O) groups excluding carboxylic acids is 3. The number of hydrogen-bond donors (Lipinski definition) is 3. The van der Waals surface area contributed by atoms with Crippen LogP contribution in [0.2, 0.25) is 0 Å². The van der Waals surface area contributed by atoms with Crippen LogP contribution in [-0.4, -0.2) is 75.9 Å². The molecule has 0 spiro atoms. The second-order valence-electron chi connectivity index (χ2n) is 17.9. The molecule has 1 saturated heterocycles. The lowest BCUT2D eigenvalue weighted by Crippen LogP contribution is -2.65. The summed E-state index contributed by atoms with van der Waals surface area (Å²) in [6.45, 7) is 14.8. The van der Waals surface area contributed by atoms with Crippen LogP contribution in [-0.2, 0) is 36.5 Å². The molecular weight excluding hydrogens is 749 g/mol. The van der Waals surface area contributed by atoms with Crippen LogP contribution in [0.15, 0.2) is 66.7 Å². The minimum atomic E-state index is -1.08. The van der Waals surface area contributed by atoms with E-state index < -0.39 is 36.7 Å². The molecular formula is C46H62BN3O9. The third-order valence-corrected chi connectivity index (χ3v) is 12.7. The number of hydrogen-bond acceptors (Lipinski definition) is 9. The van der Waals surface area contributed by atoms with Gasteiger partial charge in [0.05, 0.1) is 45.4 Å². The molecule has 0 aromatic heterocycles. The molecule has 2 bridgehead atoms. The molecule has 59 heavy (non-hydrogen) atoms. The second kappa shape index (κ2) is 18.3. The number of rotatable bonds is 18. The Morgan fingerprint density at radius 1 is 0.797 bits per heavy atom. The summed E-state index contributed by atoms with van der Waals surface area (Å²) in [5.41, 5.74) is 1.10. The Morgan fingerprint density at radius 2 is 1.47 bits per heavy atom. The maximum atomic E-state index is 14.4. The van der Waals surface area contributed by atoms with Gasteiger partial charge in [0, 0.05) is 6.42 Å². The number of amides is 3. The summed E-state index contributed by atoms with van der Waals surface area (Å²) in [4.78, 5) is 42.5. The highest BCUT2D eigenvalue weighted by molar-refractivity contribution is 6.48. The summed E-state index contributed by atoms with van der Waals surface area (Å²) in [6, 6.07) is 18.1. The van der Waals surface area contributed by atoms with Gasteiger partial charge in [0.25, 0.3) is 0 Å². The standard InChI is InChI=1S/C46H62BN3O9/c1-27(2)19-39(47-58-38-26-31-25-37(45(31,5)6)46(38,7)59-47)49-44(53)41(28(3)4)50-43(52)34(21-30-22-35(54-8)42(56-10)36(23-30)55-9)48-40(51)24-29-15-14-18-33(20-29)57-32-16-12-11-13-17-32/h11-18,20,22-23,27-28,31,34,37-39,41H,19,21,24-26H2,1-10H3,(H,48,51)(H,49,53)(H,50,52)/t31-,34?,37-,38+,39-,41?,46-/m0/s1. The third-order valence-electron chi connectivity index (χ3n) is 12.7.